The molecule has 0 bridgehead atoms. The minimum absolute atomic E-state index is 0. The maximum absolute atomic E-state index is 13.1. The topological polar surface area (TPSA) is 43.8 Å². The summed E-state index contributed by atoms with van der Waals surface area (Å²) in [5, 5.41) is 4.50. The van der Waals surface area contributed by atoms with Crippen molar-refractivity contribution in [2.24, 2.45) is 4.99 Å². The van der Waals surface area contributed by atoms with Crippen molar-refractivity contribution in [3.8, 4) is 0 Å². The smallest absolute Gasteiger partial charge is 0.194 e. The van der Waals surface area contributed by atoms with E-state index in [9.17, 15) is 4.39 Å². The number of aliphatic imine (C=N–C) groups is 1. The Bertz CT molecular complexity index is 711. The van der Waals surface area contributed by atoms with Gasteiger partial charge in [-0.2, -0.15) is 0 Å². The molecule has 1 fully saturated rings. The maximum atomic E-state index is 13.1. The van der Waals surface area contributed by atoms with Gasteiger partial charge in [0.25, 0.3) is 0 Å². The van der Waals surface area contributed by atoms with E-state index < -0.39 is 0 Å². The number of piperazine rings is 1. The van der Waals surface area contributed by atoms with Gasteiger partial charge in [0.05, 0.1) is 6.54 Å². The van der Waals surface area contributed by atoms with Gasteiger partial charge in [-0.1, -0.05) is 6.92 Å². The third kappa shape index (κ3) is 5.29. The van der Waals surface area contributed by atoms with Gasteiger partial charge in [-0.15, -0.1) is 35.3 Å². The standard InChI is InChI=1S/C18H24FN5S.HI/c1-3-16-12-21-17(25-16)13-22-18(20-2)24-10-8-23(9-11-24)15-6-4-14(19)5-7-15;/h4-7,12H,3,8-11,13H2,1-2H3,(H,20,22);1H. The lowest BCUT2D eigenvalue weighted by molar-refractivity contribution is 0.372. The predicted molar refractivity (Wildman–Crippen MR) is 117 cm³/mol. The van der Waals surface area contributed by atoms with Crippen LogP contribution in [0.25, 0.3) is 0 Å². The fourth-order valence-corrected chi connectivity index (χ4v) is 3.71. The second-order valence-electron chi connectivity index (χ2n) is 5.93. The van der Waals surface area contributed by atoms with Crippen molar-refractivity contribution >= 4 is 47.0 Å². The van der Waals surface area contributed by atoms with E-state index >= 15 is 0 Å². The monoisotopic (exact) mass is 489 g/mol. The SMILES string of the molecule is CCc1cnc(CNC(=NC)N2CCN(c3ccc(F)cc3)CC2)s1.I. The van der Waals surface area contributed by atoms with E-state index in [0.717, 1.165) is 49.3 Å². The molecule has 8 heteroatoms. The molecule has 0 radical (unpaired) electrons. The molecule has 5 nitrogen and oxygen atoms in total. The van der Waals surface area contributed by atoms with Crippen LogP contribution in [0.1, 0.15) is 16.8 Å². The minimum Gasteiger partial charge on any atom is -0.368 e. The van der Waals surface area contributed by atoms with E-state index in [1.165, 1.54) is 17.0 Å². The van der Waals surface area contributed by atoms with Gasteiger partial charge >= 0.3 is 0 Å². The first-order valence-corrected chi connectivity index (χ1v) is 9.41. The summed E-state index contributed by atoms with van der Waals surface area (Å²) in [5.41, 5.74) is 1.07. The van der Waals surface area contributed by atoms with Crippen molar-refractivity contribution in [3.63, 3.8) is 0 Å². The number of rotatable bonds is 4. The van der Waals surface area contributed by atoms with Gasteiger partial charge in [0.2, 0.25) is 0 Å². The molecule has 1 aliphatic rings. The molecule has 0 spiro atoms. The Hall–Kier alpha value is -1.42. The zero-order chi connectivity index (χ0) is 17.6. The van der Waals surface area contributed by atoms with Gasteiger partial charge < -0.3 is 15.1 Å². The van der Waals surface area contributed by atoms with Crippen molar-refractivity contribution in [1.29, 1.82) is 0 Å². The number of benzene rings is 1. The van der Waals surface area contributed by atoms with E-state index in [4.69, 9.17) is 0 Å². The van der Waals surface area contributed by atoms with E-state index in [1.54, 1.807) is 11.3 Å². The van der Waals surface area contributed by atoms with Gasteiger partial charge in [0.15, 0.2) is 5.96 Å². The molecule has 1 saturated heterocycles. The minimum atomic E-state index is -0.194. The molecule has 0 aliphatic carbocycles. The van der Waals surface area contributed by atoms with Crippen LogP contribution in [0.3, 0.4) is 0 Å². The lowest BCUT2D eigenvalue weighted by Crippen LogP contribution is -2.52. The van der Waals surface area contributed by atoms with Crippen LogP contribution < -0.4 is 10.2 Å². The molecule has 1 aliphatic heterocycles. The molecule has 26 heavy (non-hydrogen) atoms. The number of hydrogen-bond donors (Lipinski definition) is 1. The van der Waals surface area contributed by atoms with Crippen molar-refractivity contribution in [2.45, 2.75) is 19.9 Å². The Morgan fingerprint density at radius 3 is 2.50 bits per heavy atom. The summed E-state index contributed by atoms with van der Waals surface area (Å²) in [7, 11) is 1.81. The molecular formula is C18H25FIN5S. The first kappa shape index (κ1) is 20.9. The van der Waals surface area contributed by atoms with Gasteiger partial charge in [-0.05, 0) is 30.7 Å². The molecule has 0 atom stereocenters. The van der Waals surface area contributed by atoms with E-state index in [1.807, 2.05) is 25.4 Å². The van der Waals surface area contributed by atoms with Crippen LogP contribution in [-0.2, 0) is 13.0 Å². The Morgan fingerprint density at radius 1 is 1.23 bits per heavy atom. The maximum Gasteiger partial charge on any atom is 0.194 e. The molecule has 0 unspecified atom stereocenters. The van der Waals surface area contributed by atoms with Crippen molar-refractivity contribution in [3.05, 3.63) is 46.2 Å². The predicted octanol–water partition coefficient (Wildman–Crippen LogP) is 3.36. The summed E-state index contributed by atoms with van der Waals surface area (Å²) in [6.45, 7) is 6.40. The van der Waals surface area contributed by atoms with E-state index in [2.05, 4.69) is 32.0 Å². The van der Waals surface area contributed by atoms with Crippen LogP contribution in [0.4, 0.5) is 10.1 Å². The number of hydrogen-bond acceptors (Lipinski definition) is 4. The van der Waals surface area contributed by atoms with Crippen LogP contribution in [0, 0.1) is 5.82 Å². The van der Waals surface area contributed by atoms with Crippen molar-refractivity contribution in [2.75, 3.05) is 38.1 Å². The third-order valence-corrected chi connectivity index (χ3v) is 5.47. The van der Waals surface area contributed by atoms with Gasteiger partial charge in [-0.3, -0.25) is 4.99 Å². The molecule has 0 saturated carbocycles. The molecule has 2 aromatic rings. The second kappa shape index (κ2) is 10.1. The van der Waals surface area contributed by atoms with E-state index in [-0.39, 0.29) is 29.8 Å². The van der Waals surface area contributed by atoms with Crippen LogP contribution in [0.5, 0.6) is 0 Å². The number of nitrogens with one attached hydrogen (secondary N) is 1. The summed E-state index contributed by atoms with van der Waals surface area (Å²) >= 11 is 1.74. The Labute approximate surface area is 175 Å². The Morgan fingerprint density at radius 2 is 1.92 bits per heavy atom. The zero-order valence-electron chi connectivity index (χ0n) is 15.1. The first-order chi connectivity index (χ1) is 12.2. The average Bonchev–Trinajstić information content (AvgIpc) is 3.11. The number of halogens is 2. The number of nitrogens with zero attached hydrogens (tertiary/aromatic N) is 4. The number of aryl methyl sites for hydroxylation is 1. The highest BCUT2D eigenvalue weighted by Crippen LogP contribution is 2.17. The highest BCUT2D eigenvalue weighted by molar-refractivity contribution is 14.0. The fourth-order valence-electron chi connectivity index (χ4n) is 2.91. The quantitative estimate of drug-likeness (QED) is 0.407. The molecule has 0 amide bonds. The zero-order valence-corrected chi connectivity index (χ0v) is 18.3. The lowest BCUT2D eigenvalue weighted by atomic mass is 10.2. The van der Waals surface area contributed by atoms with Crippen molar-refractivity contribution < 1.29 is 4.39 Å². The molecular weight excluding hydrogens is 464 g/mol. The molecule has 1 N–H and O–H groups in total. The molecule has 2 heterocycles. The van der Waals surface area contributed by atoms with Crippen molar-refractivity contribution in [1.82, 2.24) is 15.2 Å². The highest BCUT2D eigenvalue weighted by Gasteiger charge is 2.20. The normalized spacial score (nSPS) is 15.0. The van der Waals surface area contributed by atoms with Crippen LogP contribution in [0.15, 0.2) is 35.5 Å². The summed E-state index contributed by atoms with van der Waals surface area (Å²) in [6, 6.07) is 6.71. The summed E-state index contributed by atoms with van der Waals surface area (Å²) in [5.74, 6) is 0.715. The van der Waals surface area contributed by atoms with Gasteiger partial charge in [-0.25, -0.2) is 9.37 Å². The van der Waals surface area contributed by atoms with Gasteiger partial charge in [0, 0.05) is 50.0 Å². The van der Waals surface area contributed by atoms with Crippen LogP contribution in [-0.4, -0.2) is 49.1 Å². The number of thiazole rings is 1. The number of guanidine groups is 1. The molecule has 142 valence electrons. The fraction of sp³-hybridized carbons (Fsp3) is 0.444. The van der Waals surface area contributed by atoms with Crippen LogP contribution >= 0.6 is 35.3 Å². The first-order valence-electron chi connectivity index (χ1n) is 8.59. The molecule has 3 rings (SSSR count). The number of aromatic nitrogens is 1. The average molecular weight is 489 g/mol. The lowest BCUT2D eigenvalue weighted by Gasteiger charge is -2.37. The molecule has 1 aromatic carbocycles. The summed E-state index contributed by atoms with van der Waals surface area (Å²) in [4.78, 5) is 14.7. The van der Waals surface area contributed by atoms with Gasteiger partial charge in [0.1, 0.15) is 10.8 Å². The largest absolute Gasteiger partial charge is 0.368 e. The second-order valence-corrected chi connectivity index (χ2v) is 7.12. The molecule has 1 aromatic heterocycles. The van der Waals surface area contributed by atoms with Crippen LogP contribution in [0.2, 0.25) is 0 Å². The number of anilines is 1. The third-order valence-electron chi connectivity index (χ3n) is 4.33. The summed E-state index contributed by atoms with van der Waals surface area (Å²) in [6.07, 6.45) is 2.98. The Kier molecular flexibility index (Phi) is 8.08. The Balaban J connectivity index is 0.00000243. The van der Waals surface area contributed by atoms with E-state index in [0.29, 0.717) is 6.54 Å². The summed E-state index contributed by atoms with van der Waals surface area (Å²) < 4.78 is 13.1. The highest BCUT2D eigenvalue weighted by atomic mass is 127.